The number of rotatable bonds is 3. The quantitative estimate of drug-likeness (QED) is 0.563. The summed E-state index contributed by atoms with van der Waals surface area (Å²) in [7, 11) is 2.46. The van der Waals surface area contributed by atoms with E-state index in [2.05, 4.69) is 0 Å². The molecule has 0 unspecified atom stereocenters. The smallest absolute Gasteiger partial charge is 0.340 e. The van der Waals surface area contributed by atoms with Gasteiger partial charge in [0.05, 0.1) is 48.2 Å². The lowest BCUT2D eigenvalue weighted by Gasteiger charge is -2.18. The summed E-state index contributed by atoms with van der Waals surface area (Å²) in [6.45, 7) is 0. The summed E-state index contributed by atoms with van der Waals surface area (Å²) in [6.07, 6.45) is 0. The zero-order chi connectivity index (χ0) is 20.4. The Morgan fingerprint density at radius 3 is 2.31 bits per heavy atom. The first-order valence-electron chi connectivity index (χ1n) is 8.99. The summed E-state index contributed by atoms with van der Waals surface area (Å²) >= 11 is 1.48. The third-order valence-corrected chi connectivity index (χ3v) is 7.02. The van der Waals surface area contributed by atoms with Gasteiger partial charge in [0.25, 0.3) is 0 Å². The molecule has 0 bridgehead atoms. The van der Waals surface area contributed by atoms with Gasteiger partial charge in [-0.15, -0.1) is 11.8 Å². The Labute approximate surface area is 169 Å². The van der Waals surface area contributed by atoms with Gasteiger partial charge < -0.3 is 14.0 Å². The van der Waals surface area contributed by atoms with Gasteiger partial charge in [0.15, 0.2) is 0 Å². The summed E-state index contributed by atoms with van der Waals surface area (Å²) in [4.78, 5) is 52.9. The maximum absolute atomic E-state index is 13.4. The normalized spacial score (nSPS) is 23.9. The number of aromatic nitrogens is 1. The van der Waals surface area contributed by atoms with Crippen LogP contribution in [-0.4, -0.2) is 42.5 Å². The van der Waals surface area contributed by atoms with Gasteiger partial charge >= 0.3 is 11.9 Å². The van der Waals surface area contributed by atoms with E-state index in [-0.39, 0.29) is 22.4 Å². The Morgan fingerprint density at radius 2 is 1.66 bits per heavy atom. The highest BCUT2D eigenvalue weighted by Gasteiger charge is 2.62. The predicted octanol–water partition coefficient (Wildman–Crippen LogP) is 2.09. The molecule has 0 saturated carbocycles. The van der Waals surface area contributed by atoms with Crippen molar-refractivity contribution in [2.45, 2.75) is 17.0 Å². The van der Waals surface area contributed by atoms with Crippen LogP contribution in [0.4, 0.5) is 5.69 Å². The molecule has 29 heavy (non-hydrogen) atoms. The van der Waals surface area contributed by atoms with Gasteiger partial charge in [-0.25, -0.2) is 14.5 Å². The van der Waals surface area contributed by atoms with Gasteiger partial charge in [0, 0.05) is 17.1 Å². The number of para-hydroxylation sites is 1. The standard InChI is InChI=1S/C20H16N2O6S/c1-27-19(25)11-10-8-29-18-14-12(15(22(10)18)13(11)20(26)28-2)16(23)21(17(14)24)9-6-4-3-5-7-9/h3-7,12,14,18H,8H2,1-2H3/t12-,14-,18+/m1/s1. The highest BCUT2D eigenvalue weighted by Crippen LogP contribution is 2.60. The third kappa shape index (κ3) is 2.16. The number of amides is 2. The van der Waals surface area contributed by atoms with Gasteiger partial charge in [0.2, 0.25) is 11.8 Å². The summed E-state index contributed by atoms with van der Waals surface area (Å²) in [5.41, 5.74) is 1.63. The van der Waals surface area contributed by atoms with Crippen LogP contribution in [0, 0.1) is 5.92 Å². The summed E-state index contributed by atoms with van der Waals surface area (Å²) in [6, 6.07) is 8.71. The van der Waals surface area contributed by atoms with Gasteiger partial charge in [-0.3, -0.25) is 9.59 Å². The molecular weight excluding hydrogens is 396 g/mol. The molecule has 5 rings (SSSR count). The highest BCUT2D eigenvalue weighted by molar-refractivity contribution is 7.98. The molecule has 1 fully saturated rings. The van der Waals surface area contributed by atoms with Crippen molar-refractivity contribution in [2.24, 2.45) is 5.92 Å². The average molecular weight is 412 g/mol. The van der Waals surface area contributed by atoms with E-state index in [4.69, 9.17) is 9.47 Å². The molecule has 1 saturated heterocycles. The van der Waals surface area contributed by atoms with Gasteiger partial charge in [-0.05, 0) is 12.1 Å². The first-order chi connectivity index (χ1) is 14.0. The van der Waals surface area contributed by atoms with E-state index in [1.807, 2.05) is 0 Å². The highest BCUT2D eigenvalue weighted by atomic mass is 32.2. The van der Waals surface area contributed by atoms with Crippen molar-refractivity contribution in [1.82, 2.24) is 4.57 Å². The number of ether oxygens (including phenoxy) is 2. The minimum atomic E-state index is -0.841. The van der Waals surface area contributed by atoms with Gasteiger partial charge in [0.1, 0.15) is 0 Å². The average Bonchev–Trinajstić information content (AvgIpc) is 3.44. The fourth-order valence-corrected chi connectivity index (χ4v) is 6.11. The fraction of sp³-hybridized carbons (Fsp3) is 0.300. The molecule has 9 heteroatoms. The molecule has 3 atom stereocenters. The Bertz CT molecular complexity index is 1090. The molecule has 2 amide bonds. The van der Waals surface area contributed by atoms with Crippen molar-refractivity contribution in [2.75, 3.05) is 19.1 Å². The maximum Gasteiger partial charge on any atom is 0.340 e. The second-order valence-electron chi connectivity index (χ2n) is 6.99. The molecule has 2 aromatic rings. The number of esters is 2. The van der Waals surface area contributed by atoms with Crippen LogP contribution < -0.4 is 4.90 Å². The first kappa shape index (κ1) is 18.0. The molecule has 1 aromatic carbocycles. The first-order valence-corrected chi connectivity index (χ1v) is 10.0. The van der Waals surface area contributed by atoms with E-state index >= 15 is 0 Å². The number of benzene rings is 1. The van der Waals surface area contributed by atoms with Crippen molar-refractivity contribution in [3.05, 3.63) is 52.8 Å². The number of methoxy groups -OCH3 is 2. The molecule has 3 aliphatic rings. The molecular formula is C20H16N2O6S. The molecule has 0 radical (unpaired) electrons. The number of carbonyl (C=O) groups is 4. The van der Waals surface area contributed by atoms with Crippen LogP contribution in [0.5, 0.6) is 0 Å². The predicted molar refractivity (Wildman–Crippen MR) is 103 cm³/mol. The van der Waals surface area contributed by atoms with Gasteiger partial charge in [-0.2, -0.15) is 0 Å². The second-order valence-corrected chi connectivity index (χ2v) is 8.09. The number of hydrogen-bond acceptors (Lipinski definition) is 7. The third-order valence-electron chi connectivity index (χ3n) is 5.74. The van der Waals surface area contributed by atoms with Crippen molar-refractivity contribution in [1.29, 1.82) is 0 Å². The number of carbonyl (C=O) groups excluding carboxylic acids is 4. The molecule has 3 aliphatic heterocycles. The van der Waals surface area contributed by atoms with E-state index in [0.717, 1.165) is 0 Å². The summed E-state index contributed by atoms with van der Waals surface area (Å²) in [5.74, 6) is -3.10. The monoisotopic (exact) mass is 412 g/mol. The lowest BCUT2D eigenvalue weighted by molar-refractivity contribution is -0.122. The van der Waals surface area contributed by atoms with E-state index in [1.54, 1.807) is 34.9 Å². The number of anilines is 1. The summed E-state index contributed by atoms with van der Waals surface area (Å²) in [5, 5.41) is -0.350. The Hall–Kier alpha value is -3.07. The molecule has 1 aromatic heterocycles. The molecule has 4 heterocycles. The number of nitrogens with zero attached hydrogens (tertiary/aromatic N) is 2. The van der Waals surface area contributed by atoms with Crippen LogP contribution in [0.3, 0.4) is 0 Å². The van der Waals surface area contributed by atoms with E-state index in [0.29, 0.717) is 22.8 Å². The van der Waals surface area contributed by atoms with Crippen LogP contribution in [0.25, 0.3) is 0 Å². The van der Waals surface area contributed by atoms with Crippen molar-refractivity contribution in [3.8, 4) is 0 Å². The van der Waals surface area contributed by atoms with Crippen molar-refractivity contribution >= 4 is 41.2 Å². The number of thioether (sulfide) groups is 1. The Balaban J connectivity index is 1.72. The number of hydrogen-bond donors (Lipinski definition) is 0. The molecule has 0 aliphatic carbocycles. The maximum atomic E-state index is 13.4. The zero-order valence-corrected chi connectivity index (χ0v) is 16.4. The van der Waals surface area contributed by atoms with Crippen molar-refractivity contribution in [3.63, 3.8) is 0 Å². The lowest BCUT2D eigenvalue weighted by Crippen LogP contribution is -2.32. The number of fused-ring (bicyclic) bond motifs is 3. The Morgan fingerprint density at radius 1 is 1.00 bits per heavy atom. The van der Waals surface area contributed by atoms with Crippen LogP contribution in [0.2, 0.25) is 0 Å². The van der Waals surface area contributed by atoms with E-state index < -0.39 is 29.7 Å². The SMILES string of the molecule is COC(=O)c1c(C(=O)OC)c2n3c1CS[C@H]3[C@H]1C(=O)N(c3ccccc3)C(=O)[C@@H]21. The fourth-order valence-electron chi connectivity index (χ4n) is 4.63. The molecule has 0 spiro atoms. The number of imide groups is 1. The molecule has 0 N–H and O–H groups in total. The van der Waals surface area contributed by atoms with Gasteiger partial charge in [-0.1, -0.05) is 18.2 Å². The Kier molecular flexibility index (Phi) is 3.86. The minimum Gasteiger partial charge on any atom is -0.465 e. The topological polar surface area (TPSA) is 94.9 Å². The van der Waals surface area contributed by atoms with Crippen LogP contribution in [-0.2, 0) is 24.8 Å². The lowest BCUT2D eigenvalue weighted by atomic mass is 9.91. The van der Waals surface area contributed by atoms with E-state index in [9.17, 15) is 19.2 Å². The van der Waals surface area contributed by atoms with Crippen LogP contribution in [0.15, 0.2) is 30.3 Å². The van der Waals surface area contributed by atoms with Crippen LogP contribution in [0.1, 0.15) is 43.4 Å². The van der Waals surface area contributed by atoms with E-state index in [1.165, 1.54) is 30.9 Å². The molecule has 8 nitrogen and oxygen atoms in total. The second kappa shape index (κ2) is 6.21. The molecule has 148 valence electrons. The van der Waals surface area contributed by atoms with Crippen molar-refractivity contribution < 1.29 is 28.7 Å². The van der Waals surface area contributed by atoms with Crippen LogP contribution >= 0.6 is 11.8 Å². The summed E-state index contributed by atoms with van der Waals surface area (Å²) < 4.78 is 11.6. The minimum absolute atomic E-state index is 0.0308. The zero-order valence-electron chi connectivity index (χ0n) is 15.6. The largest absolute Gasteiger partial charge is 0.465 e.